The Morgan fingerprint density at radius 1 is 1.50 bits per heavy atom. The van der Waals surface area contributed by atoms with Crippen molar-refractivity contribution in [3.63, 3.8) is 0 Å². The Bertz CT molecular complexity index is 445. The van der Waals surface area contributed by atoms with Gasteiger partial charge in [0.2, 0.25) is 0 Å². The summed E-state index contributed by atoms with van der Waals surface area (Å²) in [7, 11) is 0. The molecule has 0 saturated carbocycles. The average Bonchev–Trinajstić information content (AvgIpc) is 2.14. The Kier molecular flexibility index (Phi) is 3.44. The normalized spacial score (nSPS) is 11.4. The van der Waals surface area contributed by atoms with Crippen LogP contribution in [0.25, 0.3) is 0 Å². The molecule has 6 nitrogen and oxygen atoms in total. The molecule has 0 unspecified atom stereocenters. The average molecular weight is 226 g/mol. The third kappa shape index (κ3) is 3.47. The number of aliphatic hydroxyl groups is 1. The van der Waals surface area contributed by atoms with Gasteiger partial charge in [-0.05, 0) is 20.3 Å². The van der Waals surface area contributed by atoms with Crippen LogP contribution in [-0.2, 0) is 6.54 Å². The van der Waals surface area contributed by atoms with Crippen molar-refractivity contribution in [2.24, 2.45) is 0 Å². The molecule has 0 aliphatic carbocycles. The summed E-state index contributed by atoms with van der Waals surface area (Å²) in [6.07, 6.45) is 1.54. The van der Waals surface area contributed by atoms with E-state index in [4.69, 9.17) is 0 Å². The second kappa shape index (κ2) is 4.44. The van der Waals surface area contributed by atoms with Crippen LogP contribution in [0.3, 0.4) is 0 Å². The lowest BCUT2D eigenvalue weighted by Crippen LogP contribution is -2.26. The predicted octanol–water partition coefficient (Wildman–Crippen LogP) is 0.917. The van der Waals surface area contributed by atoms with E-state index in [-0.39, 0.29) is 17.8 Å². The third-order valence-electron chi connectivity index (χ3n) is 2.14. The molecule has 0 atom stereocenters. The largest absolute Gasteiger partial charge is 0.390 e. The molecule has 88 valence electrons. The number of nitrogens with zero attached hydrogens (tertiary/aromatic N) is 2. The van der Waals surface area contributed by atoms with Crippen LogP contribution >= 0.6 is 0 Å². The van der Waals surface area contributed by atoms with Gasteiger partial charge in [-0.15, -0.1) is 0 Å². The number of hydrogen-bond donors (Lipinski definition) is 1. The highest BCUT2D eigenvalue weighted by Crippen LogP contribution is 2.10. The smallest absolute Gasteiger partial charge is 0.285 e. The molecule has 1 heterocycles. The molecule has 0 aliphatic heterocycles. The summed E-state index contributed by atoms with van der Waals surface area (Å²) in [4.78, 5) is 21.3. The van der Waals surface area contributed by atoms with Gasteiger partial charge in [-0.25, -0.2) is 0 Å². The molecule has 1 aromatic heterocycles. The maximum absolute atomic E-state index is 11.4. The number of pyridine rings is 1. The SMILES string of the molecule is CC(C)(O)CCn1cc([N+](=O)[O-])ccc1=O. The highest BCUT2D eigenvalue weighted by molar-refractivity contribution is 5.24. The molecule has 0 radical (unpaired) electrons. The van der Waals surface area contributed by atoms with E-state index < -0.39 is 10.5 Å². The van der Waals surface area contributed by atoms with Crippen molar-refractivity contribution in [2.45, 2.75) is 32.4 Å². The molecule has 0 bridgehead atoms. The van der Waals surface area contributed by atoms with E-state index in [2.05, 4.69) is 0 Å². The van der Waals surface area contributed by atoms with E-state index in [1.54, 1.807) is 13.8 Å². The topological polar surface area (TPSA) is 85.4 Å². The first-order chi connectivity index (χ1) is 7.29. The van der Waals surface area contributed by atoms with Gasteiger partial charge < -0.3 is 9.67 Å². The van der Waals surface area contributed by atoms with E-state index in [9.17, 15) is 20.0 Å². The Labute approximate surface area is 92.3 Å². The minimum Gasteiger partial charge on any atom is -0.390 e. The summed E-state index contributed by atoms with van der Waals surface area (Å²) in [5, 5.41) is 20.0. The first-order valence-electron chi connectivity index (χ1n) is 4.87. The summed E-state index contributed by atoms with van der Waals surface area (Å²) < 4.78 is 1.23. The number of hydrogen-bond acceptors (Lipinski definition) is 4. The fourth-order valence-corrected chi connectivity index (χ4v) is 1.20. The Morgan fingerprint density at radius 2 is 2.12 bits per heavy atom. The summed E-state index contributed by atoms with van der Waals surface area (Å²) in [5.41, 5.74) is -1.34. The van der Waals surface area contributed by atoms with Crippen molar-refractivity contribution in [1.82, 2.24) is 4.57 Å². The monoisotopic (exact) mass is 226 g/mol. The number of aryl methyl sites for hydroxylation is 1. The van der Waals surface area contributed by atoms with Gasteiger partial charge in [0.05, 0.1) is 16.7 Å². The van der Waals surface area contributed by atoms with Crippen LogP contribution < -0.4 is 5.56 Å². The lowest BCUT2D eigenvalue weighted by atomic mass is 10.1. The zero-order valence-corrected chi connectivity index (χ0v) is 9.21. The molecule has 0 spiro atoms. The molecule has 0 aromatic carbocycles. The number of rotatable bonds is 4. The summed E-state index contributed by atoms with van der Waals surface area (Å²) in [6, 6.07) is 2.32. The second-order valence-electron chi connectivity index (χ2n) is 4.24. The minimum atomic E-state index is -0.899. The van der Waals surface area contributed by atoms with Crippen LogP contribution in [0.4, 0.5) is 5.69 Å². The van der Waals surface area contributed by atoms with Crippen molar-refractivity contribution in [1.29, 1.82) is 0 Å². The Balaban J connectivity index is 2.91. The first kappa shape index (κ1) is 12.4. The fraction of sp³-hybridized carbons (Fsp3) is 0.500. The van der Waals surface area contributed by atoms with E-state index in [0.717, 1.165) is 6.07 Å². The van der Waals surface area contributed by atoms with Crippen molar-refractivity contribution < 1.29 is 10.0 Å². The van der Waals surface area contributed by atoms with E-state index in [1.165, 1.54) is 16.8 Å². The summed E-state index contributed by atoms with van der Waals surface area (Å²) in [6.45, 7) is 3.49. The molecule has 0 saturated heterocycles. The van der Waals surface area contributed by atoms with Crippen LogP contribution in [-0.4, -0.2) is 20.2 Å². The van der Waals surface area contributed by atoms with E-state index in [0.29, 0.717) is 6.42 Å². The molecular formula is C10H14N2O4. The van der Waals surface area contributed by atoms with Crippen LogP contribution in [0.1, 0.15) is 20.3 Å². The molecular weight excluding hydrogens is 212 g/mol. The molecule has 0 fully saturated rings. The van der Waals surface area contributed by atoms with Gasteiger partial charge in [-0.3, -0.25) is 14.9 Å². The Hall–Kier alpha value is -1.69. The predicted molar refractivity (Wildman–Crippen MR) is 58.3 cm³/mol. The van der Waals surface area contributed by atoms with Gasteiger partial charge in [-0.2, -0.15) is 0 Å². The maximum Gasteiger partial charge on any atom is 0.285 e. The minimum absolute atomic E-state index is 0.129. The number of nitro groups is 1. The number of aromatic nitrogens is 1. The molecule has 1 N–H and O–H groups in total. The van der Waals surface area contributed by atoms with Crippen molar-refractivity contribution in [3.05, 3.63) is 38.8 Å². The maximum atomic E-state index is 11.4. The molecule has 0 amide bonds. The standard InChI is InChI=1S/C10H14N2O4/c1-10(2,14)5-6-11-7-8(12(15)16)3-4-9(11)13/h3-4,7,14H,5-6H2,1-2H3. The van der Waals surface area contributed by atoms with Gasteiger partial charge in [0, 0.05) is 18.7 Å². The van der Waals surface area contributed by atoms with Crippen molar-refractivity contribution in [2.75, 3.05) is 0 Å². The molecule has 0 aliphatic rings. The highest BCUT2D eigenvalue weighted by Gasteiger charge is 2.14. The molecule has 1 aromatic rings. The summed E-state index contributed by atoms with van der Waals surface area (Å²) in [5.74, 6) is 0. The molecule has 16 heavy (non-hydrogen) atoms. The lowest BCUT2D eigenvalue weighted by molar-refractivity contribution is -0.385. The van der Waals surface area contributed by atoms with Gasteiger partial charge in [0.15, 0.2) is 0 Å². The van der Waals surface area contributed by atoms with Gasteiger partial charge in [-0.1, -0.05) is 0 Å². The van der Waals surface area contributed by atoms with Crippen molar-refractivity contribution >= 4 is 5.69 Å². The second-order valence-corrected chi connectivity index (χ2v) is 4.24. The zero-order valence-electron chi connectivity index (χ0n) is 9.21. The lowest BCUT2D eigenvalue weighted by Gasteiger charge is -2.17. The summed E-state index contributed by atoms with van der Waals surface area (Å²) >= 11 is 0. The van der Waals surface area contributed by atoms with Gasteiger partial charge in [0.25, 0.3) is 11.2 Å². The van der Waals surface area contributed by atoms with Crippen LogP contribution in [0.5, 0.6) is 0 Å². The fourth-order valence-electron chi connectivity index (χ4n) is 1.20. The quantitative estimate of drug-likeness (QED) is 0.611. The van der Waals surface area contributed by atoms with Crippen LogP contribution in [0, 0.1) is 10.1 Å². The molecule has 6 heteroatoms. The van der Waals surface area contributed by atoms with Crippen LogP contribution in [0.2, 0.25) is 0 Å². The van der Waals surface area contributed by atoms with Crippen LogP contribution in [0.15, 0.2) is 23.1 Å². The van der Waals surface area contributed by atoms with Crippen molar-refractivity contribution in [3.8, 4) is 0 Å². The first-order valence-corrected chi connectivity index (χ1v) is 4.87. The van der Waals surface area contributed by atoms with Gasteiger partial charge >= 0.3 is 0 Å². The zero-order chi connectivity index (χ0) is 12.3. The molecule has 1 rings (SSSR count). The highest BCUT2D eigenvalue weighted by atomic mass is 16.6. The Morgan fingerprint density at radius 3 is 2.62 bits per heavy atom. The van der Waals surface area contributed by atoms with E-state index in [1.807, 2.05) is 0 Å². The van der Waals surface area contributed by atoms with E-state index >= 15 is 0 Å². The van der Waals surface area contributed by atoms with Gasteiger partial charge in [0.1, 0.15) is 0 Å². The third-order valence-corrected chi connectivity index (χ3v) is 2.14.